The summed E-state index contributed by atoms with van der Waals surface area (Å²) in [5, 5.41) is 14.2. The van der Waals surface area contributed by atoms with Gasteiger partial charge in [-0.2, -0.15) is 0 Å². The predicted molar refractivity (Wildman–Crippen MR) is 113 cm³/mol. The lowest BCUT2D eigenvalue weighted by Crippen LogP contribution is -2.51. The fraction of sp³-hybridized carbons (Fsp3) is 0.636. The van der Waals surface area contributed by atoms with Crippen molar-refractivity contribution in [3.63, 3.8) is 0 Å². The van der Waals surface area contributed by atoms with E-state index in [2.05, 4.69) is 16.3 Å². The van der Waals surface area contributed by atoms with Crippen molar-refractivity contribution < 1.29 is 19.4 Å². The number of ether oxygens (including phenoxy) is 1. The predicted octanol–water partition coefficient (Wildman–Crippen LogP) is 1.31. The van der Waals surface area contributed by atoms with Gasteiger partial charge in [0.15, 0.2) is 0 Å². The van der Waals surface area contributed by atoms with Gasteiger partial charge in [-0.15, -0.1) is 0 Å². The van der Waals surface area contributed by atoms with Gasteiger partial charge in [-0.05, 0) is 50.7 Å². The number of carbonyl (C=O) groups excluding carboxylic acids is 2. The fourth-order valence-corrected chi connectivity index (χ4v) is 5.64. The third kappa shape index (κ3) is 3.74. The number of rotatable bonds is 5. The van der Waals surface area contributed by atoms with E-state index in [1.807, 2.05) is 18.2 Å². The number of nitrogens with one attached hydrogen (secondary N) is 1. The van der Waals surface area contributed by atoms with Crippen molar-refractivity contribution in [2.45, 2.75) is 62.8 Å². The second-order valence-electron chi connectivity index (χ2n) is 8.72. The summed E-state index contributed by atoms with van der Waals surface area (Å²) in [6.07, 6.45) is 3.52. The maximum absolute atomic E-state index is 11.7. The quantitative estimate of drug-likeness (QED) is 0.668. The summed E-state index contributed by atoms with van der Waals surface area (Å²) in [6, 6.07) is 8.55. The zero-order valence-electron chi connectivity index (χ0n) is 17.5. The number of amides is 2. The van der Waals surface area contributed by atoms with E-state index in [1.54, 1.807) is 11.8 Å². The molecule has 164 valence electrons. The Morgan fingerprint density at radius 3 is 2.70 bits per heavy atom. The Morgan fingerprint density at radius 1 is 1.27 bits per heavy atom. The van der Waals surface area contributed by atoms with Crippen molar-refractivity contribution in [1.29, 1.82) is 0 Å². The van der Waals surface area contributed by atoms with E-state index >= 15 is 0 Å². The zero-order valence-corrected chi connectivity index (χ0v) is 17.5. The molecule has 8 heteroatoms. The van der Waals surface area contributed by atoms with E-state index in [0.717, 1.165) is 56.4 Å². The van der Waals surface area contributed by atoms with Crippen LogP contribution in [0.5, 0.6) is 0 Å². The first-order chi connectivity index (χ1) is 14.4. The molecule has 1 aromatic carbocycles. The van der Waals surface area contributed by atoms with Gasteiger partial charge in [-0.1, -0.05) is 18.2 Å². The molecule has 8 nitrogen and oxygen atoms in total. The minimum atomic E-state index is -0.736. The van der Waals surface area contributed by atoms with Crippen molar-refractivity contribution in [3.8, 4) is 0 Å². The molecule has 2 fully saturated rings. The molecular weight excluding hydrogens is 384 g/mol. The molecule has 0 radical (unpaired) electrons. The summed E-state index contributed by atoms with van der Waals surface area (Å²) in [4.78, 5) is 27.5. The van der Waals surface area contributed by atoms with Crippen LogP contribution in [0.15, 0.2) is 24.3 Å². The second-order valence-corrected chi connectivity index (χ2v) is 8.72. The molecule has 1 saturated carbocycles. The van der Waals surface area contributed by atoms with Crippen LogP contribution in [0.25, 0.3) is 0 Å². The minimum Gasteiger partial charge on any atom is -0.450 e. The van der Waals surface area contributed by atoms with Gasteiger partial charge in [0.25, 0.3) is 0 Å². The van der Waals surface area contributed by atoms with Gasteiger partial charge < -0.3 is 25.8 Å². The molecule has 1 saturated heterocycles. The summed E-state index contributed by atoms with van der Waals surface area (Å²) in [7, 11) is 0. The first-order valence-corrected chi connectivity index (χ1v) is 10.9. The van der Waals surface area contributed by atoms with Crippen LogP contribution in [0.3, 0.4) is 0 Å². The van der Waals surface area contributed by atoms with Crippen LogP contribution in [-0.4, -0.2) is 66.6 Å². The molecule has 1 spiro atoms. The summed E-state index contributed by atoms with van der Waals surface area (Å²) in [6.45, 7) is 4.00. The second kappa shape index (κ2) is 8.43. The molecule has 4 rings (SSSR count). The van der Waals surface area contributed by atoms with E-state index in [1.165, 1.54) is 0 Å². The van der Waals surface area contributed by atoms with E-state index in [9.17, 15) is 14.7 Å². The van der Waals surface area contributed by atoms with Gasteiger partial charge in [-0.3, -0.25) is 9.69 Å². The Balaban J connectivity index is 1.42. The molecule has 0 bridgehead atoms. The molecule has 1 aliphatic carbocycles. The van der Waals surface area contributed by atoms with Crippen LogP contribution in [0, 0.1) is 0 Å². The van der Waals surface area contributed by atoms with E-state index < -0.39 is 12.1 Å². The average molecular weight is 417 g/mol. The standard InChI is InChI=1S/C22H32N4O4/c1-2-30-21(29)24-15-9-12-25(13-15)16-7-10-22(11-8-16)17-5-3-4-6-18(17)26(20(22)28)14-19(23)27/h3-6,15-16,20,28H,2,7-14H2,1H3,(H2,23,27)(H,24,29)/t15-,16?,20?,22?/m0/s1. The van der Waals surface area contributed by atoms with E-state index in [4.69, 9.17) is 10.5 Å². The Morgan fingerprint density at radius 2 is 2.00 bits per heavy atom. The number of carbonyl (C=O) groups is 2. The Hall–Kier alpha value is -2.32. The monoisotopic (exact) mass is 416 g/mol. The lowest BCUT2D eigenvalue weighted by molar-refractivity contribution is -0.117. The lowest BCUT2D eigenvalue weighted by Gasteiger charge is -2.43. The van der Waals surface area contributed by atoms with Gasteiger partial charge >= 0.3 is 6.09 Å². The van der Waals surface area contributed by atoms with Crippen molar-refractivity contribution >= 4 is 17.7 Å². The largest absolute Gasteiger partial charge is 0.450 e. The molecule has 1 unspecified atom stereocenters. The first kappa shape index (κ1) is 20.9. The lowest BCUT2D eigenvalue weighted by atomic mass is 9.68. The van der Waals surface area contributed by atoms with Gasteiger partial charge in [0.1, 0.15) is 6.23 Å². The van der Waals surface area contributed by atoms with E-state index in [0.29, 0.717) is 12.6 Å². The third-order valence-electron chi connectivity index (χ3n) is 7.05. The van der Waals surface area contributed by atoms with Crippen LogP contribution in [-0.2, 0) is 14.9 Å². The number of anilines is 1. The molecule has 1 aromatic rings. The number of fused-ring (bicyclic) bond motifs is 2. The highest BCUT2D eigenvalue weighted by molar-refractivity contribution is 5.81. The Bertz CT molecular complexity index is 793. The number of likely N-dealkylation sites (tertiary alicyclic amines) is 1. The zero-order chi connectivity index (χ0) is 21.3. The number of primary amides is 1. The molecule has 0 aromatic heterocycles. The van der Waals surface area contributed by atoms with E-state index in [-0.39, 0.29) is 24.1 Å². The maximum Gasteiger partial charge on any atom is 0.407 e. The first-order valence-electron chi connectivity index (χ1n) is 10.9. The number of benzene rings is 1. The summed E-state index contributed by atoms with van der Waals surface area (Å²) in [5.41, 5.74) is 7.13. The van der Waals surface area contributed by atoms with Crippen LogP contribution >= 0.6 is 0 Å². The average Bonchev–Trinajstić information content (AvgIpc) is 3.27. The third-order valence-corrected chi connectivity index (χ3v) is 7.05. The molecule has 2 atom stereocenters. The van der Waals surface area contributed by atoms with Gasteiger partial charge in [0.2, 0.25) is 5.91 Å². The summed E-state index contributed by atoms with van der Waals surface area (Å²) >= 11 is 0. The van der Waals surface area contributed by atoms with Crippen molar-refractivity contribution in [2.24, 2.45) is 5.73 Å². The topological polar surface area (TPSA) is 108 Å². The molecule has 2 heterocycles. The number of nitrogens with zero attached hydrogens (tertiary/aromatic N) is 2. The number of hydrogen-bond donors (Lipinski definition) is 3. The number of hydrogen-bond acceptors (Lipinski definition) is 6. The molecule has 3 aliphatic rings. The number of aliphatic hydroxyl groups excluding tert-OH is 1. The summed E-state index contributed by atoms with van der Waals surface area (Å²) in [5.74, 6) is -0.438. The normalized spacial score (nSPS) is 31.0. The SMILES string of the molecule is CCOC(=O)N[C@H]1CCN(C2CCC3(CC2)c2ccccc2N(CC(N)=O)C3O)C1. The number of alkyl carbamates (subject to hydrolysis) is 1. The molecule has 30 heavy (non-hydrogen) atoms. The van der Waals surface area contributed by atoms with Crippen molar-refractivity contribution in [1.82, 2.24) is 10.2 Å². The molecule has 2 amide bonds. The highest BCUT2D eigenvalue weighted by atomic mass is 16.5. The van der Waals surface area contributed by atoms with Crippen LogP contribution in [0.1, 0.15) is 44.6 Å². The van der Waals surface area contributed by atoms with Gasteiger partial charge in [0, 0.05) is 36.3 Å². The molecule has 2 aliphatic heterocycles. The fourth-order valence-electron chi connectivity index (χ4n) is 5.64. The Labute approximate surface area is 177 Å². The maximum atomic E-state index is 11.7. The van der Waals surface area contributed by atoms with Gasteiger partial charge in [-0.25, -0.2) is 4.79 Å². The highest BCUT2D eigenvalue weighted by Gasteiger charge is 2.52. The number of para-hydroxylation sites is 1. The minimum absolute atomic E-state index is 0.0245. The number of nitrogens with two attached hydrogens (primary N) is 1. The van der Waals surface area contributed by atoms with Crippen molar-refractivity contribution in [3.05, 3.63) is 29.8 Å². The van der Waals surface area contributed by atoms with Crippen LogP contribution in [0.2, 0.25) is 0 Å². The Kier molecular flexibility index (Phi) is 5.88. The molecular formula is C22H32N4O4. The summed E-state index contributed by atoms with van der Waals surface area (Å²) < 4.78 is 5.00. The molecule has 4 N–H and O–H groups in total. The van der Waals surface area contributed by atoms with Crippen molar-refractivity contribution in [2.75, 3.05) is 31.1 Å². The highest BCUT2D eigenvalue weighted by Crippen LogP contribution is 2.52. The number of aliphatic hydroxyl groups is 1. The van der Waals surface area contributed by atoms with Crippen LogP contribution in [0.4, 0.5) is 10.5 Å². The van der Waals surface area contributed by atoms with Gasteiger partial charge in [0.05, 0.1) is 13.2 Å². The van der Waals surface area contributed by atoms with Crippen LogP contribution < -0.4 is 16.0 Å². The smallest absolute Gasteiger partial charge is 0.407 e.